The van der Waals surface area contributed by atoms with E-state index in [9.17, 15) is 22.8 Å². The second kappa shape index (κ2) is 14.2. The zero-order valence-corrected chi connectivity index (χ0v) is 25.3. The number of nitrogens with zero attached hydrogens (tertiary/aromatic N) is 2. The van der Waals surface area contributed by atoms with Crippen LogP contribution in [0.15, 0.2) is 41.3 Å². The number of aromatic nitrogens is 3. The number of carboxylic acid groups (broad SMARTS) is 1. The maximum Gasteiger partial charge on any atom is 0.490 e. The summed E-state index contributed by atoms with van der Waals surface area (Å²) in [7, 11) is 0. The second-order valence-corrected chi connectivity index (χ2v) is 11.2. The number of benzene rings is 2. The summed E-state index contributed by atoms with van der Waals surface area (Å²) in [5.74, 6) is -2.38. The van der Waals surface area contributed by atoms with E-state index in [-0.39, 0.29) is 16.1 Å². The summed E-state index contributed by atoms with van der Waals surface area (Å²) in [6, 6.07) is 9.64. The van der Waals surface area contributed by atoms with Gasteiger partial charge >= 0.3 is 12.1 Å². The number of fused-ring (bicyclic) bond motifs is 1. The first kappa shape index (κ1) is 32.9. The van der Waals surface area contributed by atoms with Crippen molar-refractivity contribution in [2.45, 2.75) is 51.7 Å². The molecular weight excluding hydrogens is 623 g/mol. The van der Waals surface area contributed by atoms with Gasteiger partial charge in [0.25, 0.3) is 11.5 Å². The molecule has 2 aromatic carbocycles. The molecule has 1 aliphatic heterocycles. The molecule has 1 atom stereocenters. The molecular formula is C29H29ClF3N5O5S. The first-order valence-corrected chi connectivity index (χ1v) is 14.7. The number of H-pyrrole nitrogens is 1. The fourth-order valence-corrected chi connectivity index (χ4v) is 5.49. The number of piperidine rings is 1. The van der Waals surface area contributed by atoms with Crippen molar-refractivity contribution in [1.82, 2.24) is 19.0 Å². The van der Waals surface area contributed by atoms with Crippen LogP contribution in [0.4, 0.5) is 19.0 Å². The number of hydrogen-bond donors (Lipinski definition) is 4. The fraction of sp³-hybridized carbons (Fsp3) is 0.345. The Labute approximate surface area is 258 Å². The molecule has 10 nitrogen and oxygen atoms in total. The number of aromatic amines is 1. The Bertz CT molecular complexity index is 1690. The summed E-state index contributed by atoms with van der Waals surface area (Å²) in [6.07, 6.45) is 0.703. The van der Waals surface area contributed by atoms with Gasteiger partial charge in [0.2, 0.25) is 0 Å². The number of carboxylic acids is 1. The van der Waals surface area contributed by atoms with Crippen LogP contribution in [0.25, 0.3) is 22.0 Å². The van der Waals surface area contributed by atoms with Crippen molar-refractivity contribution in [3.8, 4) is 16.9 Å². The van der Waals surface area contributed by atoms with Crippen LogP contribution in [-0.4, -0.2) is 56.1 Å². The molecule has 44 heavy (non-hydrogen) atoms. The maximum absolute atomic E-state index is 13.4. The Morgan fingerprint density at radius 1 is 1.16 bits per heavy atom. The third-order valence-electron chi connectivity index (χ3n) is 6.78. The molecule has 1 aliphatic rings. The predicted molar refractivity (Wildman–Crippen MR) is 162 cm³/mol. The van der Waals surface area contributed by atoms with Gasteiger partial charge in [-0.3, -0.25) is 9.59 Å². The number of aryl methyl sites for hydroxylation is 2. The number of ether oxygens (including phenoxy) is 1. The molecule has 2 aromatic heterocycles. The Balaban J connectivity index is 0.000000566. The van der Waals surface area contributed by atoms with Crippen LogP contribution >= 0.6 is 23.3 Å². The minimum absolute atomic E-state index is 0.209. The lowest BCUT2D eigenvalue weighted by Crippen LogP contribution is -2.35. The third kappa shape index (κ3) is 8.33. The van der Waals surface area contributed by atoms with Crippen molar-refractivity contribution >= 4 is 51.9 Å². The standard InChI is InChI=1S/C27H28ClN5O3S.C2HF3O2/c1-15-9-16(2)11-17(10-15)24-25(36-8-6-18-5-3-4-7-29-18)20-12-19(21(28)13-22(20)31-27(24)35)26(34)32-23-14-30-37-33-23;3-2(4,5)1(6)7/h9-14,18,29H,3-8H2,1-2H3,(H,31,35)(H,32,33,34);(H,6,7). The molecule has 0 bridgehead atoms. The lowest BCUT2D eigenvalue weighted by atomic mass is 9.98. The highest BCUT2D eigenvalue weighted by Gasteiger charge is 2.38. The molecule has 4 aromatic rings. The van der Waals surface area contributed by atoms with E-state index in [4.69, 9.17) is 26.2 Å². The first-order valence-electron chi connectivity index (χ1n) is 13.6. The van der Waals surface area contributed by atoms with Crippen molar-refractivity contribution in [3.63, 3.8) is 0 Å². The van der Waals surface area contributed by atoms with Crippen molar-refractivity contribution in [1.29, 1.82) is 0 Å². The molecule has 0 spiro atoms. The molecule has 5 rings (SSSR count). The number of rotatable bonds is 7. The van der Waals surface area contributed by atoms with Gasteiger partial charge in [0.1, 0.15) is 5.75 Å². The summed E-state index contributed by atoms with van der Waals surface area (Å²) in [5, 5.41) is 14.2. The zero-order chi connectivity index (χ0) is 32.0. The molecule has 1 fully saturated rings. The predicted octanol–water partition coefficient (Wildman–Crippen LogP) is 6.11. The zero-order valence-electron chi connectivity index (χ0n) is 23.7. The van der Waals surface area contributed by atoms with Gasteiger partial charge in [-0.25, -0.2) is 4.79 Å². The highest BCUT2D eigenvalue weighted by Crippen LogP contribution is 2.37. The quantitative estimate of drug-likeness (QED) is 0.187. The number of nitrogens with one attached hydrogen (secondary N) is 3. The maximum atomic E-state index is 13.4. The van der Waals surface area contributed by atoms with Crippen molar-refractivity contribution in [3.05, 3.63) is 68.6 Å². The number of alkyl halides is 3. The molecule has 4 N–H and O–H groups in total. The minimum Gasteiger partial charge on any atom is -0.492 e. The average Bonchev–Trinajstić information content (AvgIpc) is 3.45. The van der Waals surface area contributed by atoms with Crippen LogP contribution in [0.5, 0.6) is 5.75 Å². The van der Waals surface area contributed by atoms with Gasteiger partial charge in [0, 0.05) is 11.4 Å². The van der Waals surface area contributed by atoms with Gasteiger partial charge in [-0.05, 0) is 57.4 Å². The summed E-state index contributed by atoms with van der Waals surface area (Å²) in [4.78, 5) is 38.3. The van der Waals surface area contributed by atoms with E-state index in [2.05, 4.69) is 30.4 Å². The lowest BCUT2D eigenvalue weighted by molar-refractivity contribution is -0.192. The second-order valence-electron chi connectivity index (χ2n) is 10.2. The van der Waals surface area contributed by atoms with E-state index in [0.717, 1.165) is 47.8 Å². The van der Waals surface area contributed by atoms with Crippen molar-refractivity contribution < 1.29 is 32.6 Å². The average molecular weight is 652 g/mol. The number of aliphatic carboxylic acids is 1. The van der Waals surface area contributed by atoms with Gasteiger partial charge in [-0.1, -0.05) is 47.3 Å². The highest BCUT2D eigenvalue weighted by atomic mass is 35.5. The third-order valence-corrected chi connectivity index (χ3v) is 7.57. The van der Waals surface area contributed by atoms with E-state index in [0.29, 0.717) is 40.7 Å². The normalized spacial score (nSPS) is 14.9. The molecule has 0 aliphatic carbocycles. The number of carbonyl (C=O) groups is 2. The van der Waals surface area contributed by atoms with Gasteiger partial charge in [0.05, 0.1) is 46.2 Å². The smallest absolute Gasteiger partial charge is 0.490 e. The lowest BCUT2D eigenvalue weighted by Gasteiger charge is -2.24. The van der Waals surface area contributed by atoms with Crippen LogP contribution in [0, 0.1) is 13.8 Å². The molecule has 0 saturated carbocycles. The van der Waals surface area contributed by atoms with Crippen LogP contribution in [0.1, 0.15) is 47.2 Å². The molecule has 15 heteroatoms. The Morgan fingerprint density at radius 3 is 2.45 bits per heavy atom. The Kier molecular flexibility index (Phi) is 10.6. The van der Waals surface area contributed by atoms with E-state index >= 15 is 0 Å². The molecule has 1 amide bonds. The molecule has 3 heterocycles. The summed E-state index contributed by atoms with van der Waals surface area (Å²) < 4.78 is 46.1. The minimum atomic E-state index is -5.08. The van der Waals surface area contributed by atoms with Crippen LogP contribution < -0.4 is 20.9 Å². The van der Waals surface area contributed by atoms with Crippen molar-refractivity contribution in [2.75, 3.05) is 18.5 Å². The van der Waals surface area contributed by atoms with Gasteiger partial charge < -0.3 is 25.5 Å². The number of amides is 1. The summed E-state index contributed by atoms with van der Waals surface area (Å²) in [5.41, 5.74) is 3.76. The van der Waals surface area contributed by atoms with Gasteiger partial charge in [-0.2, -0.15) is 21.9 Å². The topological polar surface area (TPSA) is 146 Å². The monoisotopic (exact) mass is 651 g/mol. The van der Waals surface area contributed by atoms with Crippen LogP contribution in [0.2, 0.25) is 5.02 Å². The highest BCUT2D eigenvalue weighted by molar-refractivity contribution is 6.99. The molecule has 1 unspecified atom stereocenters. The van der Waals surface area contributed by atoms with Gasteiger partial charge in [0.15, 0.2) is 5.82 Å². The summed E-state index contributed by atoms with van der Waals surface area (Å²) >= 11 is 7.48. The molecule has 0 radical (unpaired) electrons. The largest absolute Gasteiger partial charge is 0.492 e. The SMILES string of the molecule is Cc1cc(C)cc(-c2c(OCCC3CCCCN3)c3cc(C(=O)Nc4cnsn4)c(Cl)cc3[nH]c2=O)c1.O=C(O)C(F)(F)F. The number of anilines is 1. The van der Waals surface area contributed by atoms with E-state index in [1.54, 1.807) is 12.1 Å². The fourth-order valence-electron chi connectivity index (χ4n) is 4.87. The van der Waals surface area contributed by atoms with E-state index < -0.39 is 18.1 Å². The van der Waals surface area contributed by atoms with Gasteiger partial charge in [-0.15, -0.1) is 0 Å². The van der Waals surface area contributed by atoms with Crippen LogP contribution in [0.3, 0.4) is 0 Å². The summed E-state index contributed by atoms with van der Waals surface area (Å²) in [6.45, 7) is 5.44. The first-order chi connectivity index (χ1) is 20.8. The van der Waals surface area contributed by atoms with E-state index in [1.165, 1.54) is 19.0 Å². The van der Waals surface area contributed by atoms with Crippen LogP contribution in [-0.2, 0) is 4.79 Å². The van der Waals surface area contributed by atoms with E-state index in [1.807, 2.05) is 26.0 Å². The molecule has 1 saturated heterocycles. The van der Waals surface area contributed by atoms with Crippen molar-refractivity contribution in [2.24, 2.45) is 0 Å². The number of pyridine rings is 1. The number of hydrogen-bond acceptors (Lipinski definition) is 8. The number of halogens is 4. The number of carbonyl (C=O) groups excluding carboxylic acids is 1. The Hall–Kier alpha value is -4.01. The molecule has 234 valence electrons. The Morgan fingerprint density at radius 2 is 1.86 bits per heavy atom.